The maximum Gasteiger partial charge on any atom is 0.433 e. The Hall–Kier alpha value is -3.72. The molecule has 33 heavy (non-hydrogen) atoms. The highest BCUT2D eigenvalue weighted by atomic mass is 32.2. The van der Waals surface area contributed by atoms with Gasteiger partial charge >= 0.3 is 6.18 Å². The van der Waals surface area contributed by atoms with E-state index in [0.29, 0.717) is 16.9 Å². The molecule has 0 spiro atoms. The fourth-order valence-corrected chi connectivity index (χ4v) is 4.48. The van der Waals surface area contributed by atoms with Crippen LogP contribution in [-0.4, -0.2) is 33.7 Å². The second kappa shape index (κ2) is 7.70. The van der Waals surface area contributed by atoms with E-state index in [1.165, 1.54) is 30.8 Å². The Morgan fingerprint density at radius 3 is 2.55 bits per heavy atom. The molecule has 4 aromatic rings. The lowest BCUT2D eigenvalue weighted by atomic mass is 10.1. The maximum atomic E-state index is 13.1. The van der Waals surface area contributed by atoms with Crippen molar-refractivity contribution in [3.8, 4) is 28.7 Å². The number of imidazole rings is 1. The summed E-state index contributed by atoms with van der Waals surface area (Å²) in [6.45, 7) is 3.11. The fraction of sp³-hybridized carbons (Fsp3) is 0.238. The van der Waals surface area contributed by atoms with Crippen molar-refractivity contribution in [2.24, 2.45) is 7.05 Å². The number of aromatic nitrogens is 4. The summed E-state index contributed by atoms with van der Waals surface area (Å²) in [5, 5.41) is 9.32. The van der Waals surface area contributed by atoms with Crippen molar-refractivity contribution < 1.29 is 26.0 Å². The minimum atomic E-state index is -4.65. The molecule has 0 aliphatic carbocycles. The number of alkyl halides is 3. The number of fused-ring (bicyclic) bond motifs is 1. The molecule has 4 aromatic heterocycles. The third kappa shape index (κ3) is 3.84. The molecule has 0 aliphatic rings. The summed E-state index contributed by atoms with van der Waals surface area (Å²) in [6, 6.07) is 5.68. The number of rotatable bonds is 4. The third-order valence-electron chi connectivity index (χ3n) is 5.11. The summed E-state index contributed by atoms with van der Waals surface area (Å²) in [6.07, 6.45) is -2.25. The van der Waals surface area contributed by atoms with Crippen molar-refractivity contribution in [3.63, 3.8) is 0 Å². The second-order valence-electron chi connectivity index (χ2n) is 7.24. The molecule has 0 aliphatic heterocycles. The Balaban J connectivity index is 1.97. The molecule has 0 aromatic carbocycles. The van der Waals surface area contributed by atoms with Crippen LogP contribution >= 0.6 is 0 Å². The van der Waals surface area contributed by atoms with Gasteiger partial charge in [0, 0.05) is 24.4 Å². The van der Waals surface area contributed by atoms with Gasteiger partial charge in [-0.2, -0.15) is 18.4 Å². The molecule has 0 atom stereocenters. The monoisotopic (exact) mass is 475 g/mol. The van der Waals surface area contributed by atoms with E-state index in [9.17, 15) is 26.9 Å². The predicted octanol–water partition coefficient (Wildman–Crippen LogP) is 4.28. The number of hydrogen-bond acceptors (Lipinski definition) is 7. The molecule has 0 bridgehead atoms. The van der Waals surface area contributed by atoms with Crippen LogP contribution in [-0.2, 0) is 23.1 Å². The average Bonchev–Trinajstić information content (AvgIpc) is 3.32. The number of halogens is 3. The first-order valence-electron chi connectivity index (χ1n) is 9.60. The molecule has 0 amide bonds. The van der Waals surface area contributed by atoms with Gasteiger partial charge in [-0.3, -0.25) is 4.98 Å². The van der Waals surface area contributed by atoms with E-state index in [2.05, 4.69) is 15.0 Å². The molecule has 0 saturated carbocycles. The van der Waals surface area contributed by atoms with Gasteiger partial charge in [-0.1, -0.05) is 6.92 Å². The lowest BCUT2D eigenvalue weighted by molar-refractivity contribution is -0.141. The van der Waals surface area contributed by atoms with E-state index >= 15 is 0 Å². The summed E-state index contributed by atoms with van der Waals surface area (Å²) in [7, 11) is -2.30. The maximum absolute atomic E-state index is 13.1. The van der Waals surface area contributed by atoms with Crippen LogP contribution in [0.25, 0.3) is 33.7 Å². The summed E-state index contributed by atoms with van der Waals surface area (Å²) in [5.74, 6) is 0.294. The van der Waals surface area contributed by atoms with Crippen molar-refractivity contribution in [3.05, 3.63) is 47.8 Å². The fourth-order valence-electron chi connectivity index (χ4n) is 3.42. The van der Waals surface area contributed by atoms with Gasteiger partial charge in [0.25, 0.3) is 0 Å². The molecule has 4 heterocycles. The molecule has 170 valence electrons. The van der Waals surface area contributed by atoms with E-state index in [1.54, 1.807) is 13.0 Å². The van der Waals surface area contributed by atoms with Crippen LogP contribution in [0.5, 0.6) is 0 Å². The standard InChI is InChI=1S/C21H16F3N5O3S/c1-4-33(30,31)17-6-12(13-5-11(2)32-16(13)8-25)9-27-19(17)20-28-14-7-18(21(22,23)24)26-10-15(14)29(20)3/h5-7,9-10H,4H2,1-3H3. The summed E-state index contributed by atoms with van der Waals surface area (Å²) >= 11 is 0. The molecule has 8 nitrogen and oxygen atoms in total. The van der Waals surface area contributed by atoms with Gasteiger partial charge in [-0.15, -0.1) is 0 Å². The van der Waals surface area contributed by atoms with Crippen LogP contribution in [0.2, 0.25) is 0 Å². The van der Waals surface area contributed by atoms with Crippen molar-refractivity contribution >= 4 is 20.9 Å². The molecule has 0 saturated heterocycles. The number of furan rings is 1. The SMILES string of the molecule is CCS(=O)(=O)c1cc(-c2cc(C)oc2C#N)cnc1-c1nc2cc(C(F)(F)F)ncc2n1C. The van der Waals surface area contributed by atoms with Gasteiger partial charge in [0.15, 0.2) is 15.7 Å². The molecule has 0 radical (unpaired) electrons. The van der Waals surface area contributed by atoms with Gasteiger partial charge in [0.1, 0.15) is 23.2 Å². The Morgan fingerprint density at radius 2 is 1.91 bits per heavy atom. The zero-order chi connectivity index (χ0) is 24.1. The highest BCUT2D eigenvalue weighted by Gasteiger charge is 2.33. The van der Waals surface area contributed by atoms with Gasteiger partial charge in [0.2, 0.25) is 5.76 Å². The van der Waals surface area contributed by atoms with Gasteiger partial charge in [-0.25, -0.2) is 18.4 Å². The first kappa shape index (κ1) is 22.5. The smallest absolute Gasteiger partial charge is 0.433 e. The minimum Gasteiger partial charge on any atom is -0.450 e. The quantitative estimate of drug-likeness (QED) is 0.433. The number of sulfone groups is 1. The van der Waals surface area contributed by atoms with E-state index in [4.69, 9.17) is 4.42 Å². The molecule has 0 fully saturated rings. The molecular formula is C21H16F3N5O3S. The number of nitrogens with zero attached hydrogens (tertiary/aromatic N) is 5. The second-order valence-corrected chi connectivity index (χ2v) is 9.48. The van der Waals surface area contributed by atoms with Crippen molar-refractivity contribution in [2.45, 2.75) is 24.9 Å². The predicted molar refractivity (Wildman–Crippen MR) is 112 cm³/mol. The summed E-state index contributed by atoms with van der Waals surface area (Å²) in [4.78, 5) is 11.8. The Morgan fingerprint density at radius 1 is 1.18 bits per heavy atom. The van der Waals surface area contributed by atoms with Crippen molar-refractivity contribution in [1.82, 2.24) is 19.5 Å². The topological polar surface area (TPSA) is 115 Å². The van der Waals surface area contributed by atoms with E-state index in [1.807, 2.05) is 6.07 Å². The molecule has 0 unspecified atom stereocenters. The number of nitriles is 1. The van der Waals surface area contributed by atoms with Crippen molar-refractivity contribution in [1.29, 1.82) is 5.26 Å². The summed E-state index contributed by atoms with van der Waals surface area (Å²) < 4.78 is 71.8. The lowest BCUT2D eigenvalue weighted by Crippen LogP contribution is -2.09. The number of pyridine rings is 2. The largest absolute Gasteiger partial charge is 0.450 e. The zero-order valence-electron chi connectivity index (χ0n) is 17.6. The van der Waals surface area contributed by atoms with E-state index in [-0.39, 0.29) is 39.0 Å². The minimum absolute atomic E-state index is 0.00206. The van der Waals surface area contributed by atoms with Crippen LogP contribution in [0.4, 0.5) is 13.2 Å². The van der Waals surface area contributed by atoms with Gasteiger partial charge in [-0.05, 0) is 25.1 Å². The highest BCUT2D eigenvalue weighted by Crippen LogP contribution is 2.35. The Bertz CT molecular complexity index is 1550. The van der Waals surface area contributed by atoms with E-state index in [0.717, 1.165) is 12.3 Å². The van der Waals surface area contributed by atoms with E-state index < -0.39 is 21.7 Å². The number of hydrogen-bond donors (Lipinski definition) is 0. The van der Waals surface area contributed by atoms with Crippen LogP contribution in [0.3, 0.4) is 0 Å². The molecular weight excluding hydrogens is 459 g/mol. The number of aryl methyl sites for hydroxylation is 2. The third-order valence-corrected chi connectivity index (χ3v) is 6.85. The average molecular weight is 475 g/mol. The highest BCUT2D eigenvalue weighted by molar-refractivity contribution is 7.91. The first-order chi connectivity index (χ1) is 15.5. The first-order valence-corrected chi connectivity index (χ1v) is 11.2. The molecule has 12 heteroatoms. The van der Waals surface area contributed by atoms with Crippen LogP contribution < -0.4 is 0 Å². The van der Waals surface area contributed by atoms with Gasteiger partial charge < -0.3 is 8.98 Å². The Labute approximate surface area is 186 Å². The van der Waals surface area contributed by atoms with Gasteiger partial charge in [0.05, 0.1) is 27.9 Å². The van der Waals surface area contributed by atoms with Crippen LogP contribution in [0, 0.1) is 18.3 Å². The summed E-state index contributed by atoms with van der Waals surface area (Å²) in [5.41, 5.74) is -0.126. The van der Waals surface area contributed by atoms with Crippen molar-refractivity contribution in [2.75, 3.05) is 5.75 Å². The van der Waals surface area contributed by atoms with Crippen LogP contribution in [0.15, 0.2) is 39.9 Å². The van der Waals surface area contributed by atoms with Crippen LogP contribution in [0.1, 0.15) is 24.1 Å². The Kier molecular flexibility index (Phi) is 5.24. The lowest BCUT2D eigenvalue weighted by Gasteiger charge is -2.10. The molecule has 4 rings (SSSR count). The zero-order valence-corrected chi connectivity index (χ0v) is 18.4. The molecule has 0 N–H and O–H groups in total. The normalized spacial score (nSPS) is 12.3.